The number of nitrogens with one attached hydrogen (secondary N) is 1. The fourth-order valence-corrected chi connectivity index (χ4v) is 4.11. The van der Waals surface area contributed by atoms with Gasteiger partial charge in [-0.3, -0.25) is 9.59 Å². The number of rotatable bonds is 6. The molecule has 1 heterocycles. The number of benzene rings is 3. The second-order valence-corrected chi connectivity index (χ2v) is 10.1. The fraction of sp³-hybridized carbons (Fsp3) is 0.267. The van der Waals surface area contributed by atoms with Crippen molar-refractivity contribution >= 4 is 28.8 Å². The zero-order valence-electron chi connectivity index (χ0n) is 21.2. The molecule has 0 saturated carbocycles. The minimum absolute atomic E-state index is 0.0180. The second-order valence-electron chi connectivity index (χ2n) is 10.1. The summed E-state index contributed by atoms with van der Waals surface area (Å²) in [6.45, 7) is 10.7. The van der Waals surface area contributed by atoms with Crippen LogP contribution in [-0.2, 0) is 15.0 Å². The van der Waals surface area contributed by atoms with E-state index in [1.165, 1.54) is 10.5 Å². The number of imide groups is 1. The van der Waals surface area contributed by atoms with Gasteiger partial charge in [-0.15, -0.1) is 0 Å². The van der Waals surface area contributed by atoms with Gasteiger partial charge in [0.25, 0.3) is 11.8 Å². The third kappa shape index (κ3) is 4.85. The van der Waals surface area contributed by atoms with Gasteiger partial charge < -0.3 is 10.1 Å². The van der Waals surface area contributed by atoms with E-state index in [1.807, 2.05) is 48.5 Å². The Labute approximate surface area is 207 Å². The number of hydrogen-bond donors (Lipinski definition) is 1. The highest BCUT2D eigenvalue weighted by atomic mass is 16.5. The van der Waals surface area contributed by atoms with E-state index < -0.39 is 0 Å². The SMILES string of the molecule is COc1ccc(C2=C(Nc3ccc(C(C)(C)C)cc3)C(=O)N(c3ccc(C(C)C)cc3)C2=O)cc1. The van der Waals surface area contributed by atoms with Crippen LogP contribution in [0.1, 0.15) is 57.2 Å². The van der Waals surface area contributed by atoms with Crippen molar-refractivity contribution in [1.82, 2.24) is 0 Å². The number of carbonyl (C=O) groups is 2. The number of methoxy groups -OCH3 is 1. The second kappa shape index (κ2) is 9.41. The van der Waals surface area contributed by atoms with E-state index in [2.05, 4.69) is 39.9 Å². The van der Waals surface area contributed by atoms with Crippen molar-refractivity contribution in [2.45, 2.75) is 46.0 Å². The number of nitrogens with zero attached hydrogens (tertiary/aromatic N) is 1. The van der Waals surface area contributed by atoms with Gasteiger partial charge in [0.1, 0.15) is 11.4 Å². The van der Waals surface area contributed by atoms with Crippen molar-refractivity contribution in [2.75, 3.05) is 17.3 Å². The number of anilines is 2. The number of carbonyl (C=O) groups excluding carboxylic acids is 2. The Balaban J connectivity index is 1.75. The van der Waals surface area contributed by atoms with Crippen LogP contribution in [0.25, 0.3) is 5.57 Å². The van der Waals surface area contributed by atoms with Crippen molar-refractivity contribution in [3.63, 3.8) is 0 Å². The normalized spacial score (nSPS) is 14.2. The molecule has 1 aliphatic heterocycles. The topological polar surface area (TPSA) is 58.6 Å². The molecule has 4 rings (SSSR count). The average molecular weight is 469 g/mol. The summed E-state index contributed by atoms with van der Waals surface area (Å²) in [6.07, 6.45) is 0. The molecule has 0 aliphatic carbocycles. The number of hydrogen-bond acceptors (Lipinski definition) is 4. The standard InChI is InChI=1S/C30H32N2O3/c1-19(2)20-7-15-24(16-8-20)32-28(33)26(21-9-17-25(35-6)18-10-21)27(29(32)34)31-23-13-11-22(12-14-23)30(3,4)5/h7-19,31H,1-6H3. The first kappa shape index (κ1) is 24.3. The summed E-state index contributed by atoms with van der Waals surface area (Å²) in [5.41, 5.74) is 4.90. The monoisotopic (exact) mass is 468 g/mol. The van der Waals surface area contributed by atoms with Gasteiger partial charge in [-0.1, -0.05) is 71.0 Å². The molecule has 0 atom stereocenters. The van der Waals surface area contributed by atoms with Crippen LogP contribution in [0.3, 0.4) is 0 Å². The Hall–Kier alpha value is -3.86. The van der Waals surface area contributed by atoms with Crippen LogP contribution in [0.15, 0.2) is 78.5 Å². The van der Waals surface area contributed by atoms with Crippen molar-refractivity contribution in [2.24, 2.45) is 0 Å². The molecule has 35 heavy (non-hydrogen) atoms. The Morgan fingerprint density at radius 3 is 1.91 bits per heavy atom. The maximum atomic E-state index is 13.7. The van der Waals surface area contributed by atoms with E-state index >= 15 is 0 Å². The molecule has 1 aliphatic rings. The molecule has 0 aromatic heterocycles. The Morgan fingerprint density at radius 2 is 1.40 bits per heavy atom. The fourth-order valence-electron chi connectivity index (χ4n) is 4.11. The summed E-state index contributed by atoms with van der Waals surface area (Å²) in [5.74, 6) is 0.305. The van der Waals surface area contributed by atoms with Crippen molar-refractivity contribution in [1.29, 1.82) is 0 Å². The third-order valence-electron chi connectivity index (χ3n) is 6.30. The first-order chi connectivity index (χ1) is 16.6. The summed E-state index contributed by atoms with van der Waals surface area (Å²) >= 11 is 0. The predicted molar refractivity (Wildman–Crippen MR) is 142 cm³/mol. The van der Waals surface area contributed by atoms with E-state index in [9.17, 15) is 9.59 Å². The Morgan fingerprint density at radius 1 is 0.800 bits per heavy atom. The van der Waals surface area contributed by atoms with Gasteiger partial charge in [-0.2, -0.15) is 0 Å². The summed E-state index contributed by atoms with van der Waals surface area (Å²) in [7, 11) is 1.59. The minimum Gasteiger partial charge on any atom is -0.497 e. The molecule has 0 radical (unpaired) electrons. The van der Waals surface area contributed by atoms with Gasteiger partial charge >= 0.3 is 0 Å². The van der Waals surface area contributed by atoms with Crippen LogP contribution in [0, 0.1) is 0 Å². The molecule has 1 N–H and O–H groups in total. The summed E-state index contributed by atoms with van der Waals surface area (Å²) < 4.78 is 5.27. The van der Waals surface area contributed by atoms with E-state index in [1.54, 1.807) is 31.4 Å². The molecular formula is C30H32N2O3. The van der Waals surface area contributed by atoms with E-state index in [0.29, 0.717) is 28.5 Å². The number of ether oxygens (including phenoxy) is 1. The molecule has 0 saturated heterocycles. The maximum Gasteiger partial charge on any atom is 0.282 e. The van der Waals surface area contributed by atoms with Crippen LogP contribution in [0.4, 0.5) is 11.4 Å². The lowest BCUT2D eigenvalue weighted by atomic mass is 9.87. The Bertz CT molecular complexity index is 1260. The minimum atomic E-state index is -0.377. The molecule has 180 valence electrons. The molecule has 3 aromatic rings. The van der Waals surface area contributed by atoms with Gasteiger partial charge in [0.05, 0.1) is 18.4 Å². The van der Waals surface area contributed by atoms with E-state index in [0.717, 1.165) is 11.3 Å². The summed E-state index contributed by atoms with van der Waals surface area (Å²) in [4.78, 5) is 28.5. The first-order valence-corrected chi connectivity index (χ1v) is 11.8. The van der Waals surface area contributed by atoms with Crippen molar-refractivity contribution < 1.29 is 14.3 Å². The zero-order chi connectivity index (χ0) is 25.3. The van der Waals surface area contributed by atoms with Crippen LogP contribution in [0.5, 0.6) is 5.75 Å². The largest absolute Gasteiger partial charge is 0.497 e. The Kier molecular flexibility index (Phi) is 6.53. The molecule has 5 nitrogen and oxygen atoms in total. The van der Waals surface area contributed by atoms with Crippen molar-refractivity contribution in [3.8, 4) is 5.75 Å². The first-order valence-electron chi connectivity index (χ1n) is 11.8. The quantitative estimate of drug-likeness (QED) is 0.419. The van der Waals surface area contributed by atoms with Gasteiger partial charge in [0, 0.05) is 5.69 Å². The molecule has 3 aromatic carbocycles. The third-order valence-corrected chi connectivity index (χ3v) is 6.30. The van der Waals surface area contributed by atoms with E-state index in [-0.39, 0.29) is 22.9 Å². The lowest BCUT2D eigenvalue weighted by molar-refractivity contribution is -0.120. The average Bonchev–Trinajstić information content (AvgIpc) is 3.08. The van der Waals surface area contributed by atoms with Gasteiger partial charge in [0.15, 0.2) is 0 Å². The summed E-state index contributed by atoms with van der Waals surface area (Å²) in [5, 5.41) is 3.24. The van der Waals surface area contributed by atoms with Crippen LogP contribution >= 0.6 is 0 Å². The molecule has 2 amide bonds. The molecule has 0 fully saturated rings. The van der Waals surface area contributed by atoms with Crippen molar-refractivity contribution in [3.05, 3.63) is 95.2 Å². The highest BCUT2D eigenvalue weighted by Crippen LogP contribution is 2.35. The maximum absolute atomic E-state index is 13.7. The van der Waals surface area contributed by atoms with Gasteiger partial charge in [-0.05, 0) is 64.4 Å². The lowest BCUT2D eigenvalue weighted by Gasteiger charge is -2.19. The molecule has 0 spiro atoms. The van der Waals surface area contributed by atoms with Crippen LogP contribution < -0.4 is 15.0 Å². The zero-order valence-corrected chi connectivity index (χ0v) is 21.2. The highest BCUT2D eigenvalue weighted by Gasteiger charge is 2.40. The van der Waals surface area contributed by atoms with Crippen LogP contribution in [-0.4, -0.2) is 18.9 Å². The molecule has 5 heteroatoms. The van der Waals surface area contributed by atoms with Gasteiger partial charge in [-0.25, -0.2) is 4.90 Å². The van der Waals surface area contributed by atoms with Gasteiger partial charge in [0.2, 0.25) is 0 Å². The lowest BCUT2D eigenvalue weighted by Crippen LogP contribution is -2.32. The number of amides is 2. The molecular weight excluding hydrogens is 436 g/mol. The highest BCUT2D eigenvalue weighted by molar-refractivity contribution is 6.46. The molecule has 0 bridgehead atoms. The smallest absolute Gasteiger partial charge is 0.282 e. The predicted octanol–water partition coefficient (Wildman–Crippen LogP) is 6.51. The summed E-state index contributed by atoms with van der Waals surface area (Å²) in [6, 6.07) is 22.7. The molecule has 0 unspecified atom stereocenters. The van der Waals surface area contributed by atoms with Crippen LogP contribution in [0.2, 0.25) is 0 Å². The van der Waals surface area contributed by atoms with E-state index in [4.69, 9.17) is 4.74 Å².